The molecule has 0 aliphatic carbocycles. The van der Waals surface area contributed by atoms with Gasteiger partial charge in [-0.2, -0.15) is 0 Å². The van der Waals surface area contributed by atoms with Gasteiger partial charge in [0.15, 0.2) is 0 Å². The minimum absolute atomic E-state index is 0.520. The molecule has 2 aromatic carbocycles. The van der Waals surface area contributed by atoms with E-state index in [2.05, 4.69) is 86.5 Å². The second-order valence-corrected chi connectivity index (χ2v) is 7.98. The van der Waals surface area contributed by atoms with E-state index in [9.17, 15) is 0 Å². The zero-order valence-electron chi connectivity index (χ0n) is 16.7. The van der Waals surface area contributed by atoms with E-state index < -0.39 is 0 Å². The van der Waals surface area contributed by atoms with Crippen LogP contribution in [0.25, 0.3) is 22.1 Å². The molecule has 6 nitrogen and oxygen atoms in total. The average molecular weight is 374 g/mol. The summed E-state index contributed by atoms with van der Waals surface area (Å²) in [5.74, 6) is 0.520. The third-order valence-corrected chi connectivity index (χ3v) is 5.74. The molecule has 0 saturated carbocycles. The molecule has 0 radical (unpaired) electrons. The molecule has 0 amide bonds. The van der Waals surface area contributed by atoms with Crippen LogP contribution in [0, 0.1) is 6.92 Å². The largest absolute Gasteiger partial charge is 0.308 e. The highest BCUT2D eigenvalue weighted by Crippen LogP contribution is 2.21. The molecule has 3 heterocycles. The zero-order valence-corrected chi connectivity index (χ0v) is 16.7. The van der Waals surface area contributed by atoms with Crippen molar-refractivity contribution in [2.45, 2.75) is 26.7 Å². The Morgan fingerprint density at radius 2 is 1.29 bits per heavy atom. The molecule has 0 bridgehead atoms. The van der Waals surface area contributed by atoms with Gasteiger partial charge in [-0.25, -0.2) is 19.3 Å². The number of aryl methyl sites for hydroxylation is 1. The second kappa shape index (κ2) is 6.55. The highest BCUT2D eigenvalue weighted by molar-refractivity contribution is 5.77. The maximum Gasteiger partial charge on any atom is 0.116 e. The van der Waals surface area contributed by atoms with Gasteiger partial charge in [0, 0.05) is 0 Å². The zero-order chi connectivity index (χ0) is 19.3. The van der Waals surface area contributed by atoms with Crippen LogP contribution in [0.15, 0.2) is 49.1 Å². The summed E-state index contributed by atoms with van der Waals surface area (Å²) in [6.07, 6.45) is 3.90. The number of fused-ring (bicyclic) bond motifs is 2. The lowest BCUT2D eigenvalue weighted by Gasteiger charge is -2.38. The summed E-state index contributed by atoms with van der Waals surface area (Å²) >= 11 is 0. The number of imidazole rings is 2. The van der Waals surface area contributed by atoms with Crippen LogP contribution in [0.4, 0.5) is 0 Å². The maximum atomic E-state index is 4.65. The van der Waals surface area contributed by atoms with Crippen LogP contribution < -0.4 is 10.0 Å². The monoisotopic (exact) mass is 374 g/mol. The van der Waals surface area contributed by atoms with Gasteiger partial charge in [-0.1, -0.05) is 26.0 Å². The Labute approximate surface area is 165 Å². The van der Waals surface area contributed by atoms with Crippen LogP contribution in [-0.2, 0) is 0 Å². The van der Waals surface area contributed by atoms with E-state index in [1.165, 1.54) is 22.2 Å². The molecule has 28 heavy (non-hydrogen) atoms. The number of nitrogens with zero attached hydrogens (tertiary/aromatic N) is 6. The fraction of sp³-hybridized carbons (Fsp3) is 0.364. The standard InChI is InChI=1S/C22H26N6/c1-16(2)18-5-7-22-20(13-18)24-15-28(22)26-10-8-25(9-11-26)27-14-23-19-12-17(3)4-6-21(19)27/h4-7,12-16H,8-11H2,1-3H3. The Morgan fingerprint density at radius 3 is 1.86 bits per heavy atom. The first-order valence-corrected chi connectivity index (χ1v) is 10.0. The topological polar surface area (TPSA) is 42.1 Å². The van der Waals surface area contributed by atoms with Gasteiger partial charge in [0.1, 0.15) is 12.7 Å². The molecule has 1 aliphatic rings. The van der Waals surface area contributed by atoms with Crippen LogP contribution >= 0.6 is 0 Å². The van der Waals surface area contributed by atoms with Crippen LogP contribution in [0.3, 0.4) is 0 Å². The van der Waals surface area contributed by atoms with Gasteiger partial charge in [-0.05, 0) is 48.2 Å². The van der Waals surface area contributed by atoms with Crippen LogP contribution in [0.2, 0.25) is 0 Å². The molecule has 0 N–H and O–H groups in total. The van der Waals surface area contributed by atoms with Gasteiger partial charge in [-0.15, -0.1) is 0 Å². The Bertz CT molecular complexity index is 1130. The van der Waals surface area contributed by atoms with Gasteiger partial charge < -0.3 is 10.0 Å². The van der Waals surface area contributed by atoms with Crippen molar-refractivity contribution in [3.05, 3.63) is 60.2 Å². The van der Waals surface area contributed by atoms with Gasteiger partial charge in [0.25, 0.3) is 0 Å². The molecule has 6 heteroatoms. The van der Waals surface area contributed by atoms with E-state index in [0.717, 1.165) is 37.2 Å². The summed E-state index contributed by atoms with van der Waals surface area (Å²) in [5, 5.41) is 4.75. The third kappa shape index (κ3) is 2.80. The van der Waals surface area contributed by atoms with Crippen LogP contribution in [0.1, 0.15) is 30.9 Å². The maximum absolute atomic E-state index is 4.65. The second-order valence-electron chi connectivity index (χ2n) is 7.98. The van der Waals surface area contributed by atoms with Crippen molar-refractivity contribution in [3.63, 3.8) is 0 Å². The van der Waals surface area contributed by atoms with Gasteiger partial charge in [0.2, 0.25) is 0 Å². The Balaban J connectivity index is 1.36. The smallest absolute Gasteiger partial charge is 0.116 e. The van der Waals surface area contributed by atoms with Crippen LogP contribution in [0.5, 0.6) is 0 Å². The first kappa shape index (κ1) is 17.1. The molecule has 0 spiro atoms. The van der Waals surface area contributed by atoms with Crippen molar-refractivity contribution in [1.29, 1.82) is 0 Å². The lowest BCUT2D eigenvalue weighted by Crippen LogP contribution is -2.54. The molecular formula is C22H26N6. The Kier molecular flexibility index (Phi) is 4.00. The number of aromatic nitrogens is 4. The normalized spacial score (nSPS) is 15.3. The van der Waals surface area contributed by atoms with Gasteiger partial charge in [0.05, 0.1) is 48.2 Å². The van der Waals surface area contributed by atoms with Crippen molar-refractivity contribution >= 4 is 22.1 Å². The third-order valence-electron chi connectivity index (χ3n) is 5.74. The number of hydrogen-bond acceptors (Lipinski definition) is 4. The number of hydrogen-bond donors (Lipinski definition) is 0. The summed E-state index contributed by atoms with van der Waals surface area (Å²) in [4.78, 5) is 9.23. The summed E-state index contributed by atoms with van der Waals surface area (Å²) in [5.41, 5.74) is 7.07. The van der Waals surface area contributed by atoms with Crippen molar-refractivity contribution in [1.82, 2.24) is 19.3 Å². The molecule has 1 fully saturated rings. The Morgan fingerprint density at radius 1 is 0.750 bits per heavy atom. The molecule has 0 unspecified atom stereocenters. The first-order chi connectivity index (χ1) is 13.6. The molecule has 1 aliphatic heterocycles. The first-order valence-electron chi connectivity index (χ1n) is 10.0. The van der Waals surface area contributed by atoms with Crippen LogP contribution in [-0.4, -0.2) is 45.5 Å². The van der Waals surface area contributed by atoms with E-state index in [0.29, 0.717) is 5.92 Å². The van der Waals surface area contributed by atoms with E-state index in [-0.39, 0.29) is 0 Å². The predicted octanol–water partition coefficient (Wildman–Crippen LogP) is 3.41. The van der Waals surface area contributed by atoms with E-state index in [4.69, 9.17) is 0 Å². The number of benzene rings is 2. The van der Waals surface area contributed by atoms with Crippen molar-refractivity contribution in [2.24, 2.45) is 0 Å². The van der Waals surface area contributed by atoms with Crippen molar-refractivity contribution < 1.29 is 0 Å². The van der Waals surface area contributed by atoms with Gasteiger partial charge in [-0.3, -0.25) is 0 Å². The lowest BCUT2D eigenvalue weighted by molar-refractivity contribution is 0.474. The van der Waals surface area contributed by atoms with E-state index in [1.807, 2.05) is 12.7 Å². The predicted molar refractivity (Wildman–Crippen MR) is 114 cm³/mol. The number of rotatable bonds is 3. The highest BCUT2D eigenvalue weighted by Gasteiger charge is 2.20. The molecule has 4 aromatic rings. The van der Waals surface area contributed by atoms with E-state index >= 15 is 0 Å². The minimum atomic E-state index is 0.520. The molecule has 5 rings (SSSR count). The van der Waals surface area contributed by atoms with Crippen molar-refractivity contribution in [2.75, 3.05) is 36.2 Å². The van der Waals surface area contributed by atoms with E-state index in [1.54, 1.807) is 0 Å². The minimum Gasteiger partial charge on any atom is -0.308 e. The molecular weight excluding hydrogens is 348 g/mol. The molecule has 144 valence electrons. The molecule has 2 aromatic heterocycles. The quantitative estimate of drug-likeness (QED) is 0.551. The van der Waals surface area contributed by atoms with Gasteiger partial charge >= 0.3 is 0 Å². The number of piperazine rings is 1. The fourth-order valence-corrected chi connectivity index (χ4v) is 4.05. The summed E-state index contributed by atoms with van der Waals surface area (Å²) in [6.45, 7) is 10.3. The molecule has 1 saturated heterocycles. The summed E-state index contributed by atoms with van der Waals surface area (Å²) < 4.78 is 4.42. The average Bonchev–Trinajstić information content (AvgIpc) is 3.31. The van der Waals surface area contributed by atoms with Crippen molar-refractivity contribution in [3.8, 4) is 0 Å². The Hall–Kier alpha value is -3.02. The summed E-state index contributed by atoms with van der Waals surface area (Å²) in [6, 6.07) is 13.1. The molecule has 0 atom stereocenters. The SMILES string of the molecule is Cc1ccc2c(c1)ncn2N1CCN(n2cnc3cc(C(C)C)ccc32)CC1. The highest BCUT2D eigenvalue weighted by atomic mass is 15.6. The lowest BCUT2D eigenvalue weighted by atomic mass is 10.0. The fourth-order valence-electron chi connectivity index (χ4n) is 4.05. The summed E-state index contributed by atoms with van der Waals surface area (Å²) in [7, 11) is 0.